The zero-order valence-electron chi connectivity index (χ0n) is 14.4. The Labute approximate surface area is 141 Å². The van der Waals surface area contributed by atoms with E-state index in [9.17, 15) is 4.79 Å². The molecule has 128 valence electrons. The van der Waals surface area contributed by atoms with Gasteiger partial charge in [0.1, 0.15) is 0 Å². The van der Waals surface area contributed by atoms with Crippen LogP contribution in [0.25, 0.3) is 11.3 Å². The highest BCUT2D eigenvalue weighted by Gasteiger charge is 2.53. The van der Waals surface area contributed by atoms with Gasteiger partial charge in [-0.05, 0) is 32.9 Å². The second-order valence-corrected chi connectivity index (χ2v) is 6.64. The molecule has 2 atom stereocenters. The summed E-state index contributed by atoms with van der Waals surface area (Å²) in [4.78, 5) is 16.7. The minimum Gasteiger partial charge on any atom is -0.370 e. The molecule has 0 radical (unpaired) electrons. The van der Waals surface area contributed by atoms with E-state index < -0.39 is 0 Å². The van der Waals surface area contributed by atoms with Crippen LogP contribution in [0.2, 0.25) is 0 Å². The van der Waals surface area contributed by atoms with Crippen molar-refractivity contribution in [2.75, 3.05) is 5.32 Å². The molecule has 0 bridgehead atoms. The summed E-state index contributed by atoms with van der Waals surface area (Å²) in [6.07, 6.45) is 6.24. The Kier molecular flexibility index (Phi) is 4.28. The minimum atomic E-state index is -0.271. The van der Waals surface area contributed by atoms with Crippen LogP contribution in [-0.2, 0) is 11.8 Å². The number of carbonyl (C=O) groups is 1. The van der Waals surface area contributed by atoms with Crippen LogP contribution in [-0.4, -0.2) is 38.5 Å². The summed E-state index contributed by atoms with van der Waals surface area (Å²) in [5.41, 5.74) is 1.92. The lowest BCUT2D eigenvalue weighted by atomic mass is 10.2. The summed E-state index contributed by atoms with van der Waals surface area (Å²) in [6, 6.07) is 3.39. The summed E-state index contributed by atoms with van der Waals surface area (Å²) >= 11 is 0. The van der Waals surface area contributed by atoms with Gasteiger partial charge in [-0.2, -0.15) is 5.10 Å². The Morgan fingerprint density at radius 3 is 2.96 bits per heavy atom. The first kappa shape index (κ1) is 16.4. The molecule has 1 saturated carbocycles. The smallest absolute Gasteiger partial charge is 0.319 e. The molecule has 2 aromatic heterocycles. The molecule has 3 rings (SSSR count). The molecular formula is C17H23N5O2. The molecule has 1 aliphatic rings. The number of anilines is 1. The molecule has 24 heavy (non-hydrogen) atoms. The Bertz CT molecular complexity index is 742. The van der Waals surface area contributed by atoms with E-state index in [4.69, 9.17) is 4.74 Å². The van der Waals surface area contributed by atoms with E-state index in [1.807, 2.05) is 40.1 Å². The lowest BCUT2D eigenvalue weighted by Crippen LogP contribution is -2.36. The highest BCUT2D eigenvalue weighted by Crippen LogP contribution is 2.40. The van der Waals surface area contributed by atoms with E-state index in [2.05, 4.69) is 20.7 Å². The number of carbonyl (C=O) groups excluding carboxylic acids is 1. The maximum atomic E-state index is 12.3. The fourth-order valence-electron chi connectivity index (χ4n) is 2.82. The van der Waals surface area contributed by atoms with Crippen molar-refractivity contribution in [3.63, 3.8) is 0 Å². The molecule has 7 nitrogen and oxygen atoms in total. The van der Waals surface area contributed by atoms with Crippen LogP contribution in [0.4, 0.5) is 10.5 Å². The van der Waals surface area contributed by atoms with Crippen LogP contribution in [0.15, 0.2) is 30.7 Å². The average Bonchev–Trinajstić information content (AvgIpc) is 2.91. The number of ether oxygens (including phenoxy) is 1. The summed E-state index contributed by atoms with van der Waals surface area (Å²) in [5, 5.41) is 9.98. The molecule has 7 heteroatoms. The predicted octanol–water partition coefficient (Wildman–Crippen LogP) is 2.56. The number of hydrogen-bond donors (Lipinski definition) is 2. The number of rotatable bonds is 5. The molecule has 0 spiro atoms. The quantitative estimate of drug-likeness (QED) is 0.883. The van der Waals surface area contributed by atoms with Gasteiger partial charge in [0.25, 0.3) is 0 Å². The van der Waals surface area contributed by atoms with Crippen molar-refractivity contribution < 1.29 is 9.53 Å². The molecule has 0 unspecified atom stereocenters. The van der Waals surface area contributed by atoms with Gasteiger partial charge in [0.2, 0.25) is 0 Å². The van der Waals surface area contributed by atoms with E-state index in [0.717, 1.165) is 12.0 Å². The fraction of sp³-hybridized carbons (Fsp3) is 0.471. The van der Waals surface area contributed by atoms with Crippen LogP contribution in [0.1, 0.15) is 27.2 Å². The van der Waals surface area contributed by atoms with Crippen molar-refractivity contribution in [2.45, 2.75) is 44.9 Å². The van der Waals surface area contributed by atoms with Crippen molar-refractivity contribution in [2.24, 2.45) is 7.05 Å². The van der Waals surface area contributed by atoms with Crippen molar-refractivity contribution in [3.8, 4) is 11.3 Å². The number of nitrogens with one attached hydrogen (secondary N) is 2. The standard InChI is InChI=1S/C17H23N5O2/c1-11(2)24-17(3)8-14(17)21-16(23)20-13-6-5-7-18-15(13)12-9-19-22(4)10-12/h5-7,9-11,14H,8H2,1-4H3,(H2,20,21,23)/t14-,17+/m1/s1. The lowest BCUT2D eigenvalue weighted by Gasteiger charge is -2.17. The average molecular weight is 329 g/mol. The van der Waals surface area contributed by atoms with Crippen LogP contribution in [0, 0.1) is 0 Å². The molecule has 0 saturated heterocycles. The zero-order valence-corrected chi connectivity index (χ0v) is 14.4. The molecule has 2 aromatic rings. The third kappa shape index (κ3) is 3.56. The van der Waals surface area contributed by atoms with Gasteiger partial charge in [-0.3, -0.25) is 9.67 Å². The number of nitrogens with zero attached hydrogens (tertiary/aromatic N) is 3. The van der Waals surface area contributed by atoms with Gasteiger partial charge in [-0.15, -0.1) is 0 Å². The first-order valence-corrected chi connectivity index (χ1v) is 8.07. The van der Waals surface area contributed by atoms with Crippen LogP contribution < -0.4 is 10.6 Å². The van der Waals surface area contributed by atoms with Crippen molar-refractivity contribution in [3.05, 3.63) is 30.7 Å². The lowest BCUT2D eigenvalue weighted by molar-refractivity contribution is -0.00449. The monoisotopic (exact) mass is 329 g/mol. The number of hydrogen-bond acceptors (Lipinski definition) is 4. The van der Waals surface area contributed by atoms with Gasteiger partial charge in [-0.1, -0.05) is 0 Å². The van der Waals surface area contributed by atoms with Gasteiger partial charge >= 0.3 is 6.03 Å². The van der Waals surface area contributed by atoms with E-state index in [1.165, 1.54) is 0 Å². The Hall–Kier alpha value is -2.41. The van der Waals surface area contributed by atoms with Crippen LogP contribution in [0.3, 0.4) is 0 Å². The molecule has 2 amide bonds. The third-order valence-corrected chi connectivity index (χ3v) is 4.03. The highest BCUT2D eigenvalue weighted by molar-refractivity contribution is 5.93. The van der Waals surface area contributed by atoms with Gasteiger partial charge in [0.05, 0.1) is 35.3 Å². The Morgan fingerprint density at radius 1 is 1.50 bits per heavy atom. The number of pyridine rings is 1. The predicted molar refractivity (Wildman–Crippen MR) is 91.6 cm³/mol. The fourth-order valence-corrected chi connectivity index (χ4v) is 2.82. The molecule has 2 heterocycles. The van der Waals surface area contributed by atoms with Gasteiger partial charge < -0.3 is 15.4 Å². The number of aryl methyl sites for hydroxylation is 1. The van der Waals surface area contributed by atoms with Gasteiger partial charge in [0, 0.05) is 31.4 Å². The van der Waals surface area contributed by atoms with Crippen molar-refractivity contribution in [1.82, 2.24) is 20.1 Å². The van der Waals surface area contributed by atoms with Crippen LogP contribution in [0.5, 0.6) is 0 Å². The molecule has 1 aliphatic carbocycles. The maximum Gasteiger partial charge on any atom is 0.319 e. The number of aromatic nitrogens is 3. The molecule has 1 fully saturated rings. The first-order valence-electron chi connectivity index (χ1n) is 8.07. The largest absolute Gasteiger partial charge is 0.370 e. The third-order valence-electron chi connectivity index (χ3n) is 4.03. The molecule has 2 N–H and O–H groups in total. The minimum absolute atomic E-state index is 0.0263. The second kappa shape index (κ2) is 6.24. The van der Waals surface area contributed by atoms with Crippen molar-refractivity contribution in [1.29, 1.82) is 0 Å². The topological polar surface area (TPSA) is 81.1 Å². The number of amides is 2. The maximum absolute atomic E-state index is 12.3. The summed E-state index contributed by atoms with van der Waals surface area (Å²) < 4.78 is 7.54. The Morgan fingerprint density at radius 2 is 2.29 bits per heavy atom. The van der Waals surface area contributed by atoms with E-state index >= 15 is 0 Å². The SMILES string of the molecule is CC(C)O[C@@]1(C)C[C@H]1NC(=O)Nc1cccnc1-c1cnn(C)c1. The molecule has 0 aliphatic heterocycles. The summed E-state index contributed by atoms with van der Waals surface area (Å²) in [5.74, 6) is 0. The summed E-state index contributed by atoms with van der Waals surface area (Å²) in [7, 11) is 1.84. The van der Waals surface area contributed by atoms with Crippen molar-refractivity contribution >= 4 is 11.7 Å². The van der Waals surface area contributed by atoms with E-state index in [0.29, 0.717) is 11.4 Å². The molecule has 0 aromatic carbocycles. The number of urea groups is 1. The van der Waals surface area contributed by atoms with Crippen LogP contribution >= 0.6 is 0 Å². The highest BCUT2D eigenvalue weighted by atomic mass is 16.5. The van der Waals surface area contributed by atoms with Gasteiger partial charge in [-0.25, -0.2) is 4.79 Å². The first-order chi connectivity index (χ1) is 11.4. The van der Waals surface area contributed by atoms with Gasteiger partial charge in [0.15, 0.2) is 0 Å². The Balaban J connectivity index is 1.66. The summed E-state index contributed by atoms with van der Waals surface area (Å²) in [6.45, 7) is 6.01. The van der Waals surface area contributed by atoms with E-state index in [-0.39, 0.29) is 23.8 Å². The molecular weight excluding hydrogens is 306 g/mol. The normalized spacial score (nSPS) is 22.5. The zero-order chi connectivity index (χ0) is 17.3. The second-order valence-electron chi connectivity index (χ2n) is 6.64. The van der Waals surface area contributed by atoms with E-state index in [1.54, 1.807) is 23.1 Å².